The Balaban J connectivity index is 0.000000177. The Bertz CT molecular complexity index is 1370. The van der Waals surface area contributed by atoms with Crippen LogP contribution in [0.5, 0.6) is 5.75 Å². The van der Waals surface area contributed by atoms with Gasteiger partial charge in [-0.15, -0.1) is 6.58 Å². The first kappa shape index (κ1) is 28.2. The molecule has 7 atom stereocenters. The second kappa shape index (κ2) is 10.3. The Labute approximate surface area is 231 Å². The number of methoxy groups -OCH3 is 1. The quantitative estimate of drug-likeness (QED) is 0.396. The maximum Gasteiger partial charge on any atom is 0.265 e. The van der Waals surface area contributed by atoms with E-state index in [1.807, 2.05) is 38.1 Å². The number of benzene rings is 1. The van der Waals surface area contributed by atoms with Crippen LogP contribution in [0.25, 0.3) is 10.9 Å². The van der Waals surface area contributed by atoms with E-state index in [9.17, 15) is 18.3 Å². The van der Waals surface area contributed by atoms with Crippen molar-refractivity contribution in [1.82, 2.24) is 9.88 Å². The summed E-state index contributed by atoms with van der Waals surface area (Å²) < 4.78 is 36.3. The van der Waals surface area contributed by atoms with E-state index < -0.39 is 27.4 Å². The molecule has 2 aromatic rings. The third kappa shape index (κ3) is 4.92. The van der Waals surface area contributed by atoms with Crippen molar-refractivity contribution in [3.63, 3.8) is 0 Å². The second-order valence-corrected chi connectivity index (χ2v) is 13.8. The summed E-state index contributed by atoms with van der Waals surface area (Å²) in [5, 5.41) is 12.1. The van der Waals surface area contributed by atoms with Gasteiger partial charge >= 0.3 is 0 Å². The van der Waals surface area contributed by atoms with Crippen molar-refractivity contribution in [3.05, 3.63) is 48.7 Å². The van der Waals surface area contributed by atoms with Gasteiger partial charge < -0.3 is 9.84 Å². The fraction of sp³-hybridized carbons (Fsp3) is 0.600. The number of ketones is 1. The van der Waals surface area contributed by atoms with Gasteiger partial charge in [-0.05, 0) is 85.2 Å². The molecule has 2 aliphatic carbocycles. The number of piperidine rings is 3. The molecule has 9 heteroatoms. The molecule has 3 aliphatic heterocycles. The summed E-state index contributed by atoms with van der Waals surface area (Å²) >= 11 is 0. The Hall–Kier alpha value is -2.33. The van der Waals surface area contributed by atoms with E-state index in [0.717, 1.165) is 48.1 Å². The average molecular weight is 557 g/mol. The molecule has 5 aliphatic rings. The van der Waals surface area contributed by atoms with Crippen LogP contribution >= 0.6 is 0 Å². The van der Waals surface area contributed by atoms with Gasteiger partial charge in [0.2, 0.25) is 0 Å². The summed E-state index contributed by atoms with van der Waals surface area (Å²) in [6, 6.07) is 7.96. The van der Waals surface area contributed by atoms with Crippen LogP contribution in [0.4, 0.5) is 0 Å². The van der Waals surface area contributed by atoms with Crippen LogP contribution in [0.2, 0.25) is 0 Å². The van der Waals surface area contributed by atoms with Gasteiger partial charge in [0.25, 0.3) is 10.1 Å². The van der Waals surface area contributed by atoms with E-state index in [1.165, 1.54) is 6.42 Å². The fourth-order valence-corrected chi connectivity index (χ4v) is 9.16. The van der Waals surface area contributed by atoms with Crippen molar-refractivity contribution in [2.45, 2.75) is 58.1 Å². The van der Waals surface area contributed by atoms with E-state index in [0.29, 0.717) is 24.7 Å². The summed E-state index contributed by atoms with van der Waals surface area (Å²) in [4.78, 5) is 18.7. The number of carbonyl (C=O) groups excluding carboxylic acids is 1. The highest BCUT2D eigenvalue weighted by Gasteiger charge is 2.65. The maximum absolute atomic E-state index is 11.9. The van der Waals surface area contributed by atoms with Crippen molar-refractivity contribution in [3.8, 4) is 5.75 Å². The van der Waals surface area contributed by atoms with Crippen LogP contribution in [-0.2, 0) is 14.9 Å². The Kier molecular flexibility index (Phi) is 7.41. The smallest absolute Gasteiger partial charge is 0.265 e. The van der Waals surface area contributed by atoms with E-state index in [-0.39, 0.29) is 23.2 Å². The zero-order valence-electron chi connectivity index (χ0n) is 23.0. The van der Waals surface area contributed by atoms with E-state index in [1.54, 1.807) is 13.3 Å². The molecule has 0 amide bonds. The number of ether oxygens (including phenoxy) is 1. The monoisotopic (exact) mass is 556 g/mol. The number of pyridine rings is 1. The molecule has 39 heavy (non-hydrogen) atoms. The van der Waals surface area contributed by atoms with Gasteiger partial charge in [0.05, 0.1) is 29.9 Å². The zero-order chi connectivity index (χ0) is 28.2. The van der Waals surface area contributed by atoms with Gasteiger partial charge in [-0.1, -0.05) is 19.9 Å². The molecule has 8 nitrogen and oxygen atoms in total. The number of rotatable bonds is 6. The molecule has 2 saturated carbocycles. The lowest BCUT2D eigenvalue weighted by Crippen LogP contribution is -2.54. The van der Waals surface area contributed by atoms with Crippen molar-refractivity contribution in [2.24, 2.45) is 28.6 Å². The minimum atomic E-state index is -4.08. The molecule has 1 aromatic heterocycles. The first-order chi connectivity index (χ1) is 18.4. The molecule has 7 rings (SSSR count). The molecule has 4 heterocycles. The number of Topliss-reactive ketones (excluding diaryl/α,β-unsaturated/α-hetero) is 1. The lowest BCUT2D eigenvalue weighted by atomic mass is 9.70. The summed E-state index contributed by atoms with van der Waals surface area (Å²) in [6.07, 6.45) is 7.59. The first-order valence-corrected chi connectivity index (χ1v) is 15.5. The van der Waals surface area contributed by atoms with Crippen molar-refractivity contribution in [1.29, 1.82) is 0 Å². The van der Waals surface area contributed by atoms with Crippen LogP contribution < -0.4 is 4.74 Å². The number of fused-ring (bicyclic) bond motifs is 6. The normalized spacial score (nSPS) is 33.5. The van der Waals surface area contributed by atoms with Crippen LogP contribution in [0.3, 0.4) is 0 Å². The van der Waals surface area contributed by atoms with Crippen molar-refractivity contribution in [2.75, 3.05) is 26.0 Å². The Morgan fingerprint density at radius 1 is 1.28 bits per heavy atom. The van der Waals surface area contributed by atoms with Gasteiger partial charge in [-0.25, -0.2) is 0 Å². The molecule has 1 aromatic carbocycles. The van der Waals surface area contributed by atoms with Gasteiger partial charge in [0.1, 0.15) is 11.5 Å². The number of hydrogen-bond donors (Lipinski definition) is 2. The minimum Gasteiger partial charge on any atom is -0.497 e. The predicted octanol–water partition coefficient (Wildman–Crippen LogP) is 4.44. The first-order valence-electron chi connectivity index (χ1n) is 13.9. The lowest BCUT2D eigenvalue weighted by Gasteiger charge is -2.50. The third-order valence-corrected chi connectivity index (χ3v) is 11.2. The summed E-state index contributed by atoms with van der Waals surface area (Å²) in [7, 11) is -2.41. The van der Waals surface area contributed by atoms with Gasteiger partial charge in [-0.2, -0.15) is 8.42 Å². The largest absolute Gasteiger partial charge is 0.497 e. The van der Waals surface area contributed by atoms with Gasteiger partial charge in [0, 0.05) is 30.6 Å². The van der Waals surface area contributed by atoms with Crippen LogP contribution in [-0.4, -0.2) is 65.7 Å². The Morgan fingerprint density at radius 3 is 2.62 bits per heavy atom. The SMILES string of the molecule is C=C[C@@H]1CN2CC[C@H]1C[C@@H]2[C@@H](O)c1ccnc2ccc(OC)cc12.CC1(C)[C@@H]2CC[C@@]1(CS(=O)(=O)O)C(=O)C2. The molecular weight excluding hydrogens is 516 g/mol. The standard InChI is InChI=1S/C20H24N2O2.C10H16O4S/c1-3-13-12-22-9-7-14(13)10-19(22)20(23)16-6-8-21-18-5-4-15(24-2)11-17(16)18;1-9(2)7-3-4-10(9,8(11)5-7)6-15(12,13)14/h3-6,8,11,13-14,19-20,23H,1,7,9-10,12H2,2H3;7H,3-6H2,1-2H3,(H,12,13,14)/t13-,14+,19-,20+;7-,10-/m11/s1. The molecule has 2 N–H and O–H groups in total. The van der Waals surface area contributed by atoms with Crippen LogP contribution in [0.1, 0.15) is 57.6 Å². The maximum atomic E-state index is 11.9. The number of aliphatic hydroxyl groups excluding tert-OH is 1. The van der Waals surface area contributed by atoms with Gasteiger partial charge in [-0.3, -0.25) is 19.2 Å². The van der Waals surface area contributed by atoms with E-state index in [2.05, 4.69) is 22.5 Å². The minimum absolute atomic E-state index is 0.0152. The molecule has 212 valence electrons. The summed E-state index contributed by atoms with van der Waals surface area (Å²) in [6.45, 7) is 9.96. The molecule has 0 radical (unpaired) electrons. The van der Waals surface area contributed by atoms with E-state index in [4.69, 9.17) is 9.29 Å². The number of aromatic nitrogens is 1. The van der Waals surface area contributed by atoms with Crippen LogP contribution in [0.15, 0.2) is 43.1 Å². The summed E-state index contributed by atoms with van der Waals surface area (Å²) in [5.41, 5.74) is 0.726. The topological polar surface area (TPSA) is 117 Å². The number of hydrogen-bond acceptors (Lipinski definition) is 7. The summed E-state index contributed by atoms with van der Waals surface area (Å²) in [5.74, 6) is 1.91. The highest BCUT2D eigenvalue weighted by Crippen LogP contribution is 2.64. The molecular formula is C30H40N2O6S. The molecule has 5 fully saturated rings. The molecule has 1 unspecified atom stereocenters. The van der Waals surface area contributed by atoms with E-state index >= 15 is 0 Å². The third-order valence-electron chi connectivity index (χ3n) is 10.4. The highest BCUT2D eigenvalue weighted by atomic mass is 32.2. The molecule has 4 bridgehead atoms. The van der Waals surface area contributed by atoms with Gasteiger partial charge in [0.15, 0.2) is 0 Å². The zero-order valence-corrected chi connectivity index (χ0v) is 23.9. The average Bonchev–Trinajstić information content (AvgIpc) is 3.26. The lowest BCUT2D eigenvalue weighted by molar-refractivity contribution is -0.128. The van der Waals surface area contributed by atoms with Crippen LogP contribution in [0, 0.1) is 28.6 Å². The second-order valence-electron chi connectivity index (χ2n) is 12.4. The highest BCUT2D eigenvalue weighted by molar-refractivity contribution is 7.85. The molecule has 3 saturated heterocycles. The fourth-order valence-electron chi connectivity index (χ4n) is 7.86. The predicted molar refractivity (Wildman–Crippen MR) is 150 cm³/mol. The van der Waals surface area contributed by atoms with Crippen molar-refractivity contribution >= 4 is 26.8 Å². The molecule has 0 spiro atoms. The number of nitrogens with zero attached hydrogens (tertiary/aromatic N) is 2. The number of aliphatic hydroxyl groups is 1. The van der Waals surface area contributed by atoms with Crippen molar-refractivity contribution < 1.29 is 27.6 Å². The number of carbonyl (C=O) groups is 1. The Morgan fingerprint density at radius 2 is 2.05 bits per heavy atom.